The monoisotopic (exact) mass is 480 g/mol. The number of H-pyrrole nitrogens is 1. The first-order valence-corrected chi connectivity index (χ1v) is 12.3. The van der Waals surface area contributed by atoms with Crippen molar-refractivity contribution in [1.82, 2.24) is 19.9 Å². The molecule has 2 heterocycles. The van der Waals surface area contributed by atoms with Gasteiger partial charge in [0.15, 0.2) is 5.82 Å². The van der Waals surface area contributed by atoms with Gasteiger partial charge in [0, 0.05) is 11.0 Å². The molecule has 0 saturated heterocycles. The van der Waals surface area contributed by atoms with Crippen molar-refractivity contribution in [2.45, 2.75) is 6.18 Å². The lowest BCUT2D eigenvalue weighted by atomic mass is 10.3. The van der Waals surface area contributed by atoms with Crippen LogP contribution in [0.2, 0.25) is 5.02 Å². The first-order valence-electron chi connectivity index (χ1n) is 9.29. The highest BCUT2D eigenvalue weighted by atomic mass is 35.5. The fourth-order valence-corrected chi connectivity index (χ4v) is 4.33. The first-order chi connectivity index (χ1) is 15.0. The molecule has 0 radical (unpaired) electrons. The molecule has 12 heteroatoms. The minimum absolute atomic E-state index is 0.144. The fraction of sp³-hybridized carbons (Fsp3) is 0.150. The van der Waals surface area contributed by atoms with Gasteiger partial charge < -0.3 is 20.2 Å². The van der Waals surface area contributed by atoms with Crippen LogP contribution >= 0.6 is 18.7 Å². The van der Waals surface area contributed by atoms with Gasteiger partial charge in [-0.05, 0) is 43.7 Å². The number of aromatic nitrogens is 4. The van der Waals surface area contributed by atoms with E-state index in [0.717, 1.165) is 0 Å². The van der Waals surface area contributed by atoms with Gasteiger partial charge in [0.25, 0.3) is 0 Å². The Labute approximate surface area is 185 Å². The van der Waals surface area contributed by atoms with Gasteiger partial charge in [0.05, 0.1) is 22.9 Å². The van der Waals surface area contributed by atoms with E-state index < -0.39 is 19.1 Å². The summed E-state index contributed by atoms with van der Waals surface area (Å²) < 4.78 is 51.2. The van der Waals surface area contributed by atoms with Crippen molar-refractivity contribution in [3.8, 4) is 0 Å². The molecule has 2 aromatic carbocycles. The maximum Gasteiger partial charge on any atom is 0.449 e. The van der Waals surface area contributed by atoms with Gasteiger partial charge in [-0.3, -0.25) is 0 Å². The molecule has 7 nitrogen and oxygen atoms in total. The Hall–Kier alpha value is -3.10. The zero-order chi connectivity index (χ0) is 23.1. The lowest BCUT2D eigenvalue weighted by Gasteiger charge is -2.15. The Morgan fingerprint density at radius 2 is 1.81 bits per heavy atom. The second-order valence-electron chi connectivity index (χ2n) is 7.32. The number of rotatable bonds is 5. The molecule has 0 unspecified atom stereocenters. The van der Waals surface area contributed by atoms with Crippen LogP contribution in [0.15, 0.2) is 48.7 Å². The Kier molecular flexibility index (Phi) is 5.60. The minimum Gasteiger partial charge on any atom is -0.338 e. The van der Waals surface area contributed by atoms with E-state index in [1.165, 1.54) is 18.3 Å². The molecule has 2 aromatic heterocycles. The first kappa shape index (κ1) is 22.1. The van der Waals surface area contributed by atoms with Crippen LogP contribution in [0.5, 0.6) is 0 Å². The van der Waals surface area contributed by atoms with Gasteiger partial charge in [0.2, 0.25) is 11.8 Å². The van der Waals surface area contributed by atoms with Crippen LogP contribution in [0.1, 0.15) is 5.82 Å². The molecule has 0 aliphatic rings. The normalized spacial score (nSPS) is 12.2. The van der Waals surface area contributed by atoms with Gasteiger partial charge in [-0.25, -0.2) is 9.97 Å². The number of alkyl halides is 3. The number of halogens is 4. The van der Waals surface area contributed by atoms with Crippen molar-refractivity contribution in [2.75, 3.05) is 24.0 Å². The van der Waals surface area contributed by atoms with E-state index in [0.29, 0.717) is 16.7 Å². The Morgan fingerprint density at radius 1 is 1.06 bits per heavy atom. The maximum absolute atomic E-state index is 12.9. The van der Waals surface area contributed by atoms with E-state index in [2.05, 4.69) is 30.6 Å². The largest absolute Gasteiger partial charge is 0.449 e. The van der Waals surface area contributed by atoms with Gasteiger partial charge in [-0.15, -0.1) is 0 Å². The molecule has 32 heavy (non-hydrogen) atoms. The SMILES string of the molecule is CP(C)(=O)c1ccccc1Nc1nc(Nc2ccc3[nH]c(C(F)(F)F)nc3c2)ncc1Cl. The topological polar surface area (TPSA) is 95.6 Å². The van der Waals surface area contributed by atoms with Crippen molar-refractivity contribution >= 4 is 58.2 Å². The molecule has 0 spiro atoms. The van der Waals surface area contributed by atoms with Crippen LogP contribution in [0.3, 0.4) is 0 Å². The zero-order valence-corrected chi connectivity index (χ0v) is 18.5. The third-order valence-electron chi connectivity index (χ3n) is 4.49. The van der Waals surface area contributed by atoms with E-state index in [1.807, 2.05) is 0 Å². The van der Waals surface area contributed by atoms with Crippen molar-refractivity contribution in [1.29, 1.82) is 0 Å². The molecule has 0 saturated carbocycles. The number of anilines is 4. The van der Waals surface area contributed by atoms with Gasteiger partial charge in [0.1, 0.15) is 12.2 Å². The van der Waals surface area contributed by atoms with Crippen LogP contribution < -0.4 is 15.9 Å². The smallest absolute Gasteiger partial charge is 0.338 e. The molecule has 4 rings (SSSR count). The van der Waals surface area contributed by atoms with E-state index in [4.69, 9.17) is 11.6 Å². The molecule has 0 atom stereocenters. The number of hydrogen-bond acceptors (Lipinski definition) is 6. The minimum atomic E-state index is -4.57. The number of benzene rings is 2. The lowest BCUT2D eigenvalue weighted by Crippen LogP contribution is -2.10. The van der Waals surface area contributed by atoms with Crippen molar-refractivity contribution in [3.63, 3.8) is 0 Å². The molecule has 0 fully saturated rings. The number of fused-ring (bicyclic) bond motifs is 1. The van der Waals surface area contributed by atoms with Crippen LogP contribution in [0, 0.1) is 0 Å². The quantitative estimate of drug-likeness (QED) is 0.314. The van der Waals surface area contributed by atoms with Crippen LogP contribution in [-0.2, 0) is 10.7 Å². The standard InChI is InChI=1S/C20H17ClF3N6OP/c1-32(2,31)16-6-4-3-5-14(16)27-17-12(21)10-25-19(30-17)26-11-7-8-13-15(9-11)29-18(28-13)20(22,23)24/h3-10H,1-2H3,(H,28,29)(H2,25,26,27,30). The van der Waals surface area contributed by atoms with Crippen molar-refractivity contribution < 1.29 is 17.7 Å². The summed E-state index contributed by atoms with van der Waals surface area (Å²) in [5, 5.41) is 6.90. The molecule has 0 bridgehead atoms. The van der Waals surface area contributed by atoms with E-state index in [-0.39, 0.29) is 27.8 Å². The number of nitrogens with one attached hydrogen (secondary N) is 3. The van der Waals surface area contributed by atoms with Crippen LogP contribution in [0.25, 0.3) is 11.0 Å². The lowest BCUT2D eigenvalue weighted by molar-refractivity contribution is -0.144. The van der Waals surface area contributed by atoms with Crippen LogP contribution in [0.4, 0.5) is 36.3 Å². The third kappa shape index (κ3) is 4.71. The average molecular weight is 481 g/mol. The Bertz CT molecular complexity index is 1350. The molecule has 166 valence electrons. The summed E-state index contributed by atoms with van der Waals surface area (Å²) in [7, 11) is -2.56. The van der Waals surface area contributed by atoms with E-state index >= 15 is 0 Å². The number of aromatic amines is 1. The molecular weight excluding hydrogens is 464 g/mol. The molecule has 0 aliphatic carbocycles. The van der Waals surface area contributed by atoms with Crippen molar-refractivity contribution in [3.05, 3.63) is 59.5 Å². The van der Waals surface area contributed by atoms with Crippen LogP contribution in [-0.4, -0.2) is 33.3 Å². The highest BCUT2D eigenvalue weighted by Gasteiger charge is 2.34. The van der Waals surface area contributed by atoms with E-state index in [1.54, 1.807) is 43.7 Å². The number of nitrogens with zero attached hydrogens (tertiary/aromatic N) is 3. The fourth-order valence-electron chi connectivity index (χ4n) is 3.04. The van der Waals surface area contributed by atoms with Gasteiger partial charge in [-0.1, -0.05) is 23.7 Å². The molecule has 0 aliphatic heterocycles. The molecular formula is C20H17ClF3N6OP. The number of hydrogen-bond donors (Lipinski definition) is 3. The highest BCUT2D eigenvalue weighted by molar-refractivity contribution is 7.70. The maximum atomic E-state index is 12.9. The Balaban J connectivity index is 1.62. The third-order valence-corrected chi connectivity index (χ3v) is 6.32. The van der Waals surface area contributed by atoms with Gasteiger partial charge in [-0.2, -0.15) is 18.2 Å². The predicted octanol–water partition coefficient (Wildman–Crippen LogP) is 5.76. The van der Waals surface area contributed by atoms with E-state index in [9.17, 15) is 17.7 Å². The summed E-state index contributed by atoms with van der Waals surface area (Å²) in [5.74, 6) is -0.622. The second kappa shape index (κ2) is 8.11. The van der Waals surface area contributed by atoms with Gasteiger partial charge >= 0.3 is 6.18 Å². The summed E-state index contributed by atoms with van der Waals surface area (Å²) in [6.45, 7) is 3.33. The summed E-state index contributed by atoms with van der Waals surface area (Å²) in [6, 6.07) is 11.6. The predicted molar refractivity (Wildman–Crippen MR) is 120 cm³/mol. The zero-order valence-electron chi connectivity index (χ0n) is 16.8. The summed E-state index contributed by atoms with van der Waals surface area (Å²) in [4.78, 5) is 14.3. The average Bonchev–Trinajstić information content (AvgIpc) is 3.14. The summed E-state index contributed by atoms with van der Waals surface area (Å²) >= 11 is 6.23. The summed E-state index contributed by atoms with van der Waals surface area (Å²) in [6.07, 6.45) is -3.18. The highest BCUT2D eigenvalue weighted by Crippen LogP contribution is 2.38. The Morgan fingerprint density at radius 3 is 2.53 bits per heavy atom. The summed E-state index contributed by atoms with van der Waals surface area (Å²) in [5.41, 5.74) is 1.44. The number of imidazole rings is 1. The molecule has 0 amide bonds. The number of para-hydroxylation sites is 1. The molecule has 4 aromatic rings. The second-order valence-corrected chi connectivity index (χ2v) is 10.9. The molecule has 3 N–H and O–H groups in total. The van der Waals surface area contributed by atoms with Crippen molar-refractivity contribution in [2.24, 2.45) is 0 Å².